The summed E-state index contributed by atoms with van der Waals surface area (Å²) in [6, 6.07) is 17.3. The molecule has 20 heavy (non-hydrogen) atoms. The first-order valence-corrected chi connectivity index (χ1v) is 12.6. The molecule has 1 heterocycles. The van der Waals surface area contributed by atoms with Gasteiger partial charge in [0.05, 0.1) is 0 Å². The van der Waals surface area contributed by atoms with Gasteiger partial charge in [-0.25, -0.2) is 0 Å². The Hall–Kier alpha value is -1.20. The van der Waals surface area contributed by atoms with Gasteiger partial charge in [-0.15, -0.1) is 0 Å². The molecule has 2 aromatic carbocycles. The molecule has 0 amide bonds. The van der Waals surface area contributed by atoms with Crippen molar-refractivity contribution < 1.29 is 4.74 Å². The SMILES string of the molecule is CCCCC[As]1(C)c2ccccc2Oc2ccccc21. The molecule has 3 rings (SSSR count). The molecule has 2 aromatic rings. The number of unbranched alkanes of at least 4 members (excludes halogenated alkanes) is 2. The first-order chi connectivity index (χ1) is 9.75. The van der Waals surface area contributed by atoms with Gasteiger partial charge >= 0.3 is 124 Å². The van der Waals surface area contributed by atoms with Crippen LogP contribution in [0.25, 0.3) is 0 Å². The van der Waals surface area contributed by atoms with Crippen LogP contribution in [0.4, 0.5) is 0 Å². The van der Waals surface area contributed by atoms with Crippen molar-refractivity contribution in [1.82, 2.24) is 0 Å². The molecule has 0 fully saturated rings. The Morgan fingerprint density at radius 2 is 1.40 bits per heavy atom. The molecule has 0 aromatic heterocycles. The standard InChI is InChI=1S/C18H22AsO/c1-3-4-9-14-19(2)15-10-5-7-12-17(15)20-18-13-8-6-11-16(18)19/h5-8,10-13H,3-4,9,14H2,1-2H3. The van der Waals surface area contributed by atoms with Gasteiger partial charge in [-0.05, 0) is 0 Å². The molecule has 0 saturated heterocycles. The van der Waals surface area contributed by atoms with E-state index in [4.69, 9.17) is 4.74 Å². The van der Waals surface area contributed by atoms with E-state index in [0.717, 1.165) is 11.5 Å². The fourth-order valence-electron chi connectivity index (χ4n) is 3.07. The number of para-hydroxylation sites is 2. The van der Waals surface area contributed by atoms with Crippen molar-refractivity contribution in [3.63, 3.8) is 0 Å². The normalized spacial score (nSPS) is 15.1. The zero-order valence-corrected chi connectivity index (χ0v) is 14.2. The predicted molar refractivity (Wildman–Crippen MR) is 88.2 cm³/mol. The molecule has 1 radical (unpaired) electrons. The third-order valence-corrected chi connectivity index (χ3v) is 12.8. The summed E-state index contributed by atoms with van der Waals surface area (Å²) in [5.41, 5.74) is 2.54. The molecule has 0 aliphatic carbocycles. The Labute approximate surface area is 124 Å². The van der Waals surface area contributed by atoms with Crippen LogP contribution >= 0.6 is 0 Å². The number of ether oxygens (including phenoxy) is 1. The van der Waals surface area contributed by atoms with E-state index in [1.807, 2.05) is 0 Å². The second-order valence-corrected chi connectivity index (χ2v) is 13.6. The molecular formula is C18H22AsO. The van der Waals surface area contributed by atoms with E-state index in [0.29, 0.717) is 0 Å². The summed E-state index contributed by atoms with van der Waals surface area (Å²) in [4.78, 5) is 0. The molecule has 0 atom stereocenters. The van der Waals surface area contributed by atoms with Crippen LogP contribution in [-0.2, 0) is 0 Å². The zero-order valence-electron chi connectivity index (χ0n) is 12.3. The van der Waals surface area contributed by atoms with Crippen molar-refractivity contribution >= 4 is 22.3 Å². The van der Waals surface area contributed by atoms with Crippen LogP contribution < -0.4 is 13.4 Å². The van der Waals surface area contributed by atoms with E-state index in [9.17, 15) is 0 Å². The maximum absolute atomic E-state index is 6.12. The van der Waals surface area contributed by atoms with E-state index in [1.165, 1.54) is 33.2 Å². The molecule has 0 N–H and O–H groups in total. The Kier molecular flexibility index (Phi) is 3.89. The van der Waals surface area contributed by atoms with Crippen LogP contribution in [0.1, 0.15) is 26.2 Å². The van der Waals surface area contributed by atoms with Crippen molar-refractivity contribution in [3.05, 3.63) is 48.5 Å². The molecule has 2 heteroatoms. The van der Waals surface area contributed by atoms with Crippen LogP contribution in [0.5, 0.6) is 11.5 Å². The average molecular weight is 329 g/mol. The van der Waals surface area contributed by atoms with Gasteiger partial charge in [0.2, 0.25) is 0 Å². The number of fused-ring (bicyclic) bond motifs is 2. The maximum atomic E-state index is 6.12. The van der Waals surface area contributed by atoms with E-state index in [2.05, 4.69) is 61.2 Å². The summed E-state index contributed by atoms with van der Waals surface area (Å²) < 4.78 is 9.12. The molecule has 1 aliphatic heterocycles. The van der Waals surface area contributed by atoms with Gasteiger partial charge in [0.1, 0.15) is 0 Å². The van der Waals surface area contributed by atoms with Gasteiger partial charge < -0.3 is 0 Å². The molecule has 105 valence electrons. The minimum absolute atomic E-state index is 1.10. The van der Waals surface area contributed by atoms with E-state index < -0.39 is 13.6 Å². The zero-order chi connectivity index (χ0) is 14.0. The fraction of sp³-hybridized carbons (Fsp3) is 0.333. The molecular weight excluding hydrogens is 307 g/mol. The topological polar surface area (TPSA) is 9.23 Å². The quantitative estimate of drug-likeness (QED) is 0.604. The van der Waals surface area contributed by atoms with Crippen molar-refractivity contribution in [2.75, 3.05) is 0 Å². The Morgan fingerprint density at radius 1 is 0.850 bits per heavy atom. The number of hydrogen-bond donors (Lipinski definition) is 0. The van der Waals surface area contributed by atoms with Crippen LogP contribution in [-0.4, -0.2) is 13.6 Å². The molecule has 0 spiro atoms. The summed E-state index contributed by atoms with van der Waals surface area (Å²) in [6.07, 6.45) is 3.96. The van der Waals surface area contributed by atoms with Gasteiger partial charge in [-0.2, -0.15) is 0 Å². The molecule has 1 aliphatic rings. The van der Waals surface area contributed by atoms with Crippen molar-refractivity contribution in [3.8, 4) is 11.5 Å². The second kappa shape index (κ2) is 5.66. The summed E-state index contributed by atoms with van der Waals surface area (Å²) in [5, 5.41) is 1.35. The van der Waals surface area contributed by atoms with E-state index in [-0.39, 0.29) is 0 Å². The summed E-state index contributed by atoms with van der Waals surface area (Å²) in [6.45, 7) is 2.28. The van der Waals surface area contributed by atoms with Gasteiger partial charge in [0.15, 0.2) is 0 Å². The predicted octanol–water partition coefficient (Wildman–Crippen LogP) is 4.18. The fourth-order valence-corrected chi connectivity index (χ4v) is 10.7. The first kappa shape index (κ1) is 13.8. The summed E-state index contributed by atoms with van der Waals surface area (Å²) >= 11 is -2.05. The van der Waals surface area contributed by atoms with Crippen molar-refractivity contribution in [2.45, 2.75) is 37.1 Å². The van der Waals surface area contributed by atoms with E-state index in [1.54, 1.807) is 0 Å². The van der Waals surface area contributed by atoms with Crippen molar-refractivity contribution in [2.24, 2.45) is 0 Å². The molecule has 0 saturated carbocycles. The Balaban J connectivity index is 2.07. The van der Waals surface area contributed by atoms with Gasteiger partial charge in [0.25, 0.3) is 0 Å². The number of rotatable bonds is 4. The third kappa shape index (κ3) is 2.29. The van der Waals surface area contributed by atoms with Gasteiger partial charge in [-0.1, -0.05) is 0 Å². The Bertz CT molecular complexity index is 560. The number of hydrogen-bond acceptors (Lipinski definition) is 1. The van der Waals surface area contributed by atoms with Crippen LogP contribution in [0.3, 0.4) is 0 Å². The molecule has 0 bridgehead atoms. The van der Waals surface area contributed by atoms with Crippen LogP contribution in [0.15, 0.2) is 48.5 Å². The first-order valence-electron chi connectivity index (χ1n) is 7.48. The monoisotopic (exact) mass is 329 g/mol. The second-order valence-electron chi connectivity index (χ2n) is 5.66. The third-order valence-electron chi connectivity index (χ3n) is 4.22. The molecule has 1 nitrogen and oxygen atoms in total. The van der Waals surface area contributed by atoms with Crippen molar-refractivity contribution in [1.29, 1.82) is 0 Å². The summed E-state index contributed by atoms with van der Waals surface area (Å²) in [7, 11) is 0. The summed E-state index contributed by atoms with van der Waals surface area (Å²) in [5.74, 6) is 2.19. The van der Waals surface area contributed by atoms with Gasteiger partial charge in [0, 0.05) is 0 Å². The van der Waals surface area contributed by atoms with Gasteiger partial charge in [-0.3, -0.25) is 0 Å². The Morgan fingerprint density at radius 3 is 1.95 bits per heavy atom. The van der Waals surface area contributed by atoms with Crippen LogP contribution in [0, 0.1) is 0 Å². The van der Waals surface area contributed by atoms with E-state index >= 15 is 0 Å². The number of benzene rings is 2. The molecule has 0 unspecified atom stereocenters. The minimum atomic E-state index is -2.05. The van der Waals surface area contributed by atoms with Crippen LogP contribution in [0.2, 0.25) is 10.9 Å². The average Bonchev–Trinajstić information content (AvgIpc) is 2.48.